The number of nitrogens with one attached hydrogen (secondary N) is 1. The molecule has 17 heavy (non-hydrogen) atoms. The van der Waals surface area contributed by atoms with E-state index in [0.29, 0.717) is 13.2 Å². The van der Waals surface area contributed by atoms with Crippen molar-refractivity contribution in [3.8, 4) is 0 Å². The molecule has 5 heteroatoms. The predicted molar refractivity (Wildman–Crippen MR) is 61.1 cm³/mol. The molecule has 2 heterocycles. The molecule has 0 aliphatic carbocycles. The third-order valence-corrected chi connectivity index (χ3v) is 2.23. The van der Waals surface area contributed by atoms with Crippen molar-refractivity contribution in [2.24, 2.45) is 0 Å². The van der Waals surface area contributed by atoms with Gasteiger partial charge in [0.1, 0.15) is 19.0 Å². The molecular formula is C12H16N2O3. The highest BCUT2D eigenvalue weighted by molar-refractivity contribution is 5.04. The number of rotatable bonds is 7. The van der Waals surface area contributed by atoms with Gasteiger partial charge < -0.3 is 19.0 Å². The maximum Gasteiger partial charge on any atom is 0.162 e. The van der Waals surface area contributed by atoms with Crippen molar-refractivity contribution in [2.45, 2.75) is 26.7 Å². The van der Waals surface area contributed by atoms with E-state index in [1.165, 1.54) is 0 Å². The van der Waals surface area contributed by atoms with Gasteiger partial charge in [0.25, 0.3) is 0 Å². The molecule has 0 aliphatic heterocycles. The van der Waals surface area contributed by atoms with Gasteiger partial charge in [-0.25, -0.2) is 0 Å². The fraction of sp³-hybridized carbons (Fsp3) is 0.417. The maximum absolute atomic E-state index is 5.43. The van der Waals surface area contributed by atoms with E-state index in [4.69, 9.17) is 13.7 Å². The molecule has 0 saturated carbocycles. The topological polar surface area (TPSA) is 60.4 Å². The fourth-order valence-electron chi connectivity index (χ4n) is 1.41. The van der Waals surface area contributed by atoms with Gasteiger partial charge in [-0.1, -0.05) is 12.1 Å². The first kappa shape index (κ1) is 11.9. The average Bonchev–Trinajstić information content (AvgIpc) is 2.98. The molecule has 2 rings (SSSR count). The number of furan rings is 1. The zero-order chi connectivity index (χ0) is 11.9. The van der Waals surface area contributed by atoms with E-state index in [2.05, 4.69) is 10.5 Å². The highest BCUT2D eigenvalue weighted by Crippen LogP contribution is 2.08. The minimum Gasteiger partial charge on any atom is -0.467 e. The van der Waals surface area contributed by atoms with Crippen molar-refractivity contribution in [1.82, 2.24) is 10.5 Å². The van der Waals surface area contributed by atoms with Crippen LogP contribution in [0.4, 0.5) is 0 Å². The van der Waals surface area contributed by atoms with Crippen LogP contribution in [0.5, 0.6) is 0 Å². The molecule has 0 atom stereocenters. The summed E-state index contributed by atoms with van der Waals surface area (Å²) in [5.74, 6) is 1.53. The summed E-state index contributed by atoms with van der Waals surface area (Å²) in [6, 6.07) is 5.60. The van der Waals surface area contributed by atoms with Crippen LogP contribution < -0.4 is 5.32 Å². The molecule has 0 spiro atoms. The lowest BCUT2D eigenvalue weighted by atomic mass is 10.3. The van der Waals surface area contributed by atoms with Gasteiger partial charge in [-0.2, -0.15) is 0 Å². The molecule has 0 saturated heterocycles. The van der Waals surface area contributed by atoms with Crippen molar-refractivity contribution in [3.05, 3.63) is 41.7 Å². The zero-order valence-corrected chi connectivity index (χ0v) is 9.81. The van der Waals surface area contributed by atoms with E-state index < -0.39 is 0 Å². The van der Waals surface area contributed by atoms with Crippen LogP contribution in [0.1, 0.15) is 24.1 Å². The van der Waals surface area contributed by atoms with E-state index in [1.807, 2.05) is 25.1 Å². The Hall–Kier alpha value is -1.59. The molecule has 0 aliphatic rings. The maximum atomic E-state index is 5.43. The normalized spacial score (nSPS) is 10.9. The molecule has 2 aromatic heterocycles. The first-order valence-corrected chi connectivity index (χ1v) is 5.64. The fourth-order valence-corrected chi connectivity index (χ4v) is 1.41. The minimum absolute atomic E-state index is 0.403. The summed E-state index contributed by atoms with van der Waals surface area (Å²) < 4.78 is 15.7. The average molecular weight is 236 g/mol. The summed E-state index contributed by atoms with van der Waals surface area (Å²) in [6.07, 6.45) is 1.63. The molecule has 5 nitrogen and oxygen atoms in total. The number of ether oxygens (including phenoxy) is 1. The van der Waals surface area contributed by atoms with Crippen LogP contribution in [0, 0.1) is 0 Å². The number of hydrogen-bond donors (Lipinski definition) is 1. The molecule has 92 valence electrons. The van der Waals surface area contributed by atoms with Crippen LogP contribution in [-0.4, -0.2) is 11.7 Å². The van der Waals surface area contributed by atoms with Gasteiger partial charge in [0.15, 0.2) is 5.76 Å². The highest BCUT2D eigenvalue weighted by Gasteiger charge is 2.04. The molecule has 2 aromatic rings. The monoisotopic (exact) mass is 236 g/mol. The first-order valence-electron chi connectivity index (χ1n) is 5.64. The van der Waals surface area contributed by atoms with Crippen LogP contribution in [0.15, 0.2) is 33.4 Å². The summed E-state index contributed by atoms with van der Waals surface area (Å²) in [7, 11) is 0. The molecular weight excluding hydrogens is 220 g/mol. The van der Waals surface area contributed by atoms with Crippen molar-refractivity contribution in [3.63, 3.8) is 0 Å². The van der Waals surface area contributed by atoms with E-state index >= 15 is 0 Å². The molecule has 0 bridgehead atoms. The van der Waals surface area contributed by atoms with Crippen LogP contribution in [-0.2, 0) is 24.5 Å². The molecule has 0 radical (unpaired) electrons. The Labute approximate surface area is 99.7 Å². The van der Waals surface area contributed by atoms with Crippen molar-refractivity contribution < 1.29 is 13.7 Å². The van der Waals surface area contributed by atoms with Crippen molar-refractivity contribution in [1.29, 1.82) is 0 Å². The number of hydrogen-bond acceptors (Lipinski definition) is 5. The van der Waals surface area contributed by atoms with Gasteiger partial charge in [-0.15, -0.1) is 0 Å². The van der Waals surface area contributed by atoms with Gasteiger partial charge in [-0.3, -0.25) is 0 Å². The van der Waals surface area contributed by atoms with E-state index in [0.717, 1.165) is 30.3 Å². The van der Waals surface area contributed by atoms with Gasteiger partial charge in [0, 0.05) is 12.6 Å². The van der Waals surface area contributed by atoms with Crippen LogP contribution in [0.2, 0.25) is 0 Å². The summed E-state index contributed by atoms with van der Waals surface area (Å²) >= 11 is 0. The van der Waals surface area contributed by atoms with E-state index in [9.17, 15) is 0 Å². The highest BCUT2D eigenvalue weighted by atomic mass is 16.5. The second kappa shape index (κ2) is 6.22. The second-order valence-electron chi connectivity index (χ2n) is 3.64. The third-order valence-electron chi connectivity index (χ3n) is 2.23. The van der Waals surface area contributed by atoms with E-state index in [1.54, 1.807) is 6.26 Å². The quantitative estimate of drug-likeness (QED) is 0.797. The lowest BCUT2D eigenvalue weighted by Crippen LogP contribution is -2.11. The minimum atomic E-state index is 0.403. The summed E-state index contributed by atoms with van der Waals surface area (Å²) in [5.41, 5.74) is 0.892. The Morgan fingerprint density at radius 3 is 3.00 bits per heavy atom. The van der Waals surface area contributed by atoms with Crippen LogP contribution in [0.3, 0.4) is 0 Å². The lowest BCUT2D eigenvalue weighted by molar-refractivity contribution is 0.0763. The molecule has 1 N–H and O–H groups in total. The SMILES string of the molecule is CCNCc1cc(COCc2ccco2)on1. The Kier molecular flexibility index (Phi) is 4.35. The standard InChI is InChI=1S/C12H16N2O3/c1-2-13-7-10-6-12(17-14-10)9-15-8-11-4-3-5-16-11/h3-6,13H,2,7-9H2,1H3. The Bertz CT molecular complexity index is 423. The van der Waals surface area contributed by atoms with Crippen molar-refractivity contribution >= 4 is 0 Å². The van der Waals surface area contributed by atoms with Gasteiger partial charge in [0.05, 0.1) is 12.0 Å². The largest absolute Gasteiger partial charge is 0.467 e. The summed E-state index contributed by atoms with van der Waals surface area (Å²) in [5, 5.41) is 7.11. The van der Waals surface area contributed by atoms with Crippen LogP contribution >= 0.6 is 0 Å². The van der Waals surface area contributed by atoms with E-state index in [-0.39, 0.29) is 0 Å². The predicted octanol–water partition coefficient (Wildman–Crippen LogP) is 2.09. The van der Waals surface area contributed by atoms with Gasteiger partial charge in [0.2, 0.25) is 0 Å². The molecule has 0 amide bonds. The number of nitrogens with zero attached hydrogens (tertiary/aromatic N) is 1. The Morgan fingerprint density at radius 1 is 1.35 bits per heavy atom. The first-order chi connectivity index (χ1) is 8.38. The second-order valence-corrected chi connectivity index (χ2v) is 3.64. The summed E-state index contributed by atoms with van der Waals surface area (Å²) in [6.45, 7) is 4.53. The smallest absolute Gasteiger partial charge is 0.162 e. The Morgan fingerprint density at radius 2 is 2.24 bits per heavy atom. The van der Waals surface area contributed by atoms with Gasteiger partial charge >= 0.3 is 0 Å². The van der Waals surface area contributed by atoms with Gasteiger partial charge in [-0.05, 0) is 18.7 Å². The molecule has 0 aromatic carbocycles. The van der Waals surface area contributed by atoms with Crippen molar-refractivity contribution in [2.75, 3.05) is 6.54 Å². The molecule has 0 unspecified atom stereocenters. The number of aromatic nitrogens is 1. The Balaban J connectivity index is 1.73. The zero-order valence-electron chi connectivity index (χ0n) is 9.81. The third kappa shape index (κ3) is 3.72. The molecule has 0 fully saturated rings. The van der Waals surface area contributed by atoms with Crippen LogP contribution in [0.25, 0.3) is 0 Å². The summed E-state index contributed by atoms with van der Waals surface area (Å²) in [4.78, 5) is 0. The lowest BCUT2D eigenvalue weighted by Gasteiger charge is -1.97.